The molecule has 18 heavy (non-hydrogen) atoms. The van der Waals surface area contributed by atoms with E-state index in [4.69, 9.17) is 5.73 Å². The number of phenols is 1. The van der Waals surface area contributed by atoms with Crippen molar-refractivity contribution >= 4 is 11.6 Å². The van der Waals surface area contributed by atoms with Gasteiger partial charge in [-0.15, -0.1) is 0 Å². The van der Waals surface area contributed by atoms with Crippen LogP contribution < -0.4 is 11.1 Å². The highest BCUT2D eigenvalue weighted by Gasteiger charge is 2.19. The number of anilines is 1. The Balaban J connectivity index is 2.00. The molecule has 0 spiro atoms. The molecule has 1 aliphatic rings. The maximum absolute atomic E-state index is 12.0. The molecule has 0 bridgehead atoms. The molecule has 1 aromatic carbocycles. The van der Waals surface area contributed by atoms with Crippen molar-refractivity contribution in [2.75, 3.05) is 25.9 Å². The lowest BCUT2D eigenvalue weighted by molar-refractivity contribution is 0.0912. The van der Waals surface area contributed by atoms with Crippen LogP contribution in [0.15, 0.2) is 18.2 Å². The molecule has 98 valence electrons. The van der Waals surface area contributed by atoms with E-state index in [1.54, 1.807) is 6.07 Å². The largest absolute Gasteiger partial charge is 0.506 e. The molecule has 5 heteroatoms. The first kappa shape index (κ1) is 12.7. The first-order valence-corrected chi connectivity index (χ1v) is 6.14. The summed E-state index contributed by atoms with van der Waals surface area (Å²) in [5.74, 6) is -0.214. The molecule has 1 fully saturated rings. The first-order valence-electron chi connectivity index (χ1n) is 6.14. The highest BCUT2D eigenvalue weighted by Crippen LogP contribution is 2.20. The second-order valence-electron chi connectivity index (χ2n) is 4.85. The zero-order valence-electron chi connectivity index (χ0n) is 10.5. The highest BCUT2D eigenvalue weighted by atomic mass is 16.3. The topological polar surface area (TPSA) is 78.6 Å². The number of carbonyl (C=O) groups is 1. The van der Waals surface area contributed by atoms with Crippen LogP contribution in [0.3, 0.4) is 0 Å². The van der Waals surface area contributed by atoms with Gasteiger partial charge in [0, 0.05) is 18.2 Å². The summed E-state index contributed by atoms with van der Waals surface area (Å²) < 4.78 is 0. The molecule has 1 heterocycles. The van der Waals surface area contributed by atoms with Crippen LogP contribution in [-0.2, 0) is 0 Å². The minimum Gasteiger partial charge on any atom is -0.506 e. The molecule has 0 saturated carbocycles. The number of phenolic OH excluding ortho intramolecular Hbond substituents is 1. The Hall–Kier alpha value is -1.75. The number of likely N-dealkylation sites (tertiary alicyclic amines) is 1. The quantitative estimate of drug-likeness (QED) is 0.535. The van der Waals surface area contributed by atoms with E-state index in [1.165, 1.54) is 12.1 Å². The predicted molar refractivity (Wildman–Crippen MR) is 70.5 cm³/mol. The number of carbonyl (C=O) groups excluding carboxylic acids is 1. The molecule has 2 rings (SSSR count). The van der Waals surface area contributed by atoms with Crippen molar-refractivity contribution in [1.82, 2.24) is 10.2 Å². The summed E-state index contributed by atoms with van der Waals surface area (Å²) in [6.45, 7) is 1.95. The number of amides is 1. The average molecular weight is 249 g/mol. The fourth-order valence-corrected chi connectivity index (χ4v) is 2.24. The van der Waals surface area contributed by atoms with Gasteiger partial charge in [-0.05, 0) is 44.6 Å². The molecule has 1 unspecified atom stereocenters. The molecule has 4 N–H and O–H groups in total. The van der Waals surface area contributed by atoms with Gasteiger partial charge in [-0.1, -0.05) is 0 Å². The van der Waals surface area contributed by atoms with Crippen LogP contribution in [0.25, 0.3) is 0 Å². The molecule has 0 radical (unpaired) electrons. The third kappa shape index (κ3) is 2.92. The van der Waals surface area contributed by atoms with Crippen molar-refractivity contribution < 1.29 is 9.90 Å². The highest BCUT2D eigenvalue weighted by molar-refractivity contribution is 5.95. The van der Waals surface area contributed by atoms with Gasteiger partial charge in [-0.3, -0.25) is 4.79 Å². The van der Waals surface area contributed by atoms with E-state index in [-0.39, 0.29) is 23.4 Å². The van der Waals surface area contributed by atoms with Crippen LogP contribution in [0.1, 0.15) is 23.2 Å². The average Bonchev–Trinajstić information content (AvgIpc) is 2.32. The van der Waals surface area contributed by atoms with Crippen LogP contribution in [0.4, 0.5) is 5.69 Å². The van der Waals surface area contributed by atoms with Crippen molar-refractivity contribution in [3.05, 3.63) is 23.8 Å². The second kappa shape index (κ2) is 5.27. The number of nitrogens with one attached hydrogen (secondary N) is 1. The Kier molecular flexibility index (Phi) is 3.72. The number of nitrogens with two attached hydrogens (primary N) is 1. The van der Waals surface area contributed by atoms with Gasteiger partial charge >= 0.3 is 0 Å². The Morgan fingerprint density at radius 3 is 3.00 bits per heavy atom. The Morgan fingerprint density at radius 1 is 1.56 bits per heavy atom. The number of likely N-dealkylation sites (N-methyl/N-ethyl adjacent to an activating group) is 1. The monoisotopic (exact) mass is 249 g/mol. The zero-order chi connectivity index (χ0) is 13.1. The fourth-order valence-electron chi connectivity index (χ4n) is 2.24. The predicted octanol–water partition coefficient (Wildman–Crippen LogP) is 0.798. The van der Waals surface area contributed by atoms with Crippen LogP contribution in [0.5, 0.6) is 5.75 Å². The lowest BCUT2D eigenvalue weighted by atomic mass is 10.1. The van der Waals surface area contributed by atoms with Crippen molar-refractivity contribution in [3.63, 3.8) is 0 Å². The van der Waals surface area contributed by atoms with Gasteiger partial charge in [-0.25, -0.2) is 0 Å². The van der Waals surface area contributed by atoms with Crippen molar-refractivity contribution in [1.29, 1.82) is 0 Å². The van der Waals surface area contributed by atoms with Crippen molar-refractivity contribution in [2.45, 2.75) is 18.9 Å². The molecule has 1 saturated heterocycles. The van der Waals surface area contributed by atoms with E-state index in [9.17, 15) is 9.90 Å². The molecule has 1 aromatic rings. The van der Waals surface area contributed by atoms with Gasteiger partial charge in [0.15, 0.2) is 0 Å². The van der Waals surface area contributed by atoms with Crippen LogP contribution in [0.2, 0.25) is 0 Å². The number of piperidine rings is 1. The maximum Gasteiger partial charge on any atom is 0.251 e. The first-order chi connectivity index (χ1) is 8.56. The van der Waals surface area contributed by atoms with Crippen molar-refractivity contribution in [2.24, 2.45) is 0 Å². The summed E-state index contributed by atoms with van der Waals surface area (Å²) in [4.78, 5) is 14.2. The fraction of sp³-hybridized carbons (Fsp3) is 0.462. The van der Waals surface area contributed by atoms with Gasteiger partial charge < -0.3 is 21.1 Å². The number of nitrogens with zero attached hydrogens (tertiary/aromatic N) is 1. The SMILES string of the molecule is CN1CCCC(NC(=O)c2ccc(N)c(O)c2)C1. The summed E-state index contributed by atoms with van der Waals surface area (Å²) >= 11 is 0. The van der Waals surface area contributed by atoms with Crippen molar-refractivity contribution in [3.8, 4) is 5.75 Å². The third-order valence-electron chi connectivity index (χ3n) is 3.25. The molecular formula is C13H19N3O2. The van der Waals surface area contributed by atoms with Crippen LogP contribution in [0, 0.1) is 0 Å². The van der Waals surface area contributed by atoms with E-state index >= 15 is 0 Å². The number of aromatic hydroxyl groups is 1. The van der Waals surface area contributed by atoms with Gasteiger partial charge in [0.05, 0.1) is 5.69 Å². The van der Waals surface area contributed by atoms with Crippen LogP contribution >= 0.6 is 0 Å². The lowest BCUT2D eigenvalue weighted by Gasteiger charge is -2.30. The minimum atomic E-state index is -0.161. The number of hydrogen-bond acceptors (Lipinski definition) is 4. The molecule has 0 aromatic heterocycles. The number of benzene rings is 1. The van der Waals surface area contributed by atoms with Crippen LogP contribution in [-0.4, -0.2) is 42.1 Å². The van der Waals surface area contributed by atoms with Gasteiger partial charge in [-0.2, -0.15) is 0 Å². The normalized spacial score (nSPS) is 20.6. The van der Waals surface area contributed by atoms with Gasteiger partial charge in [0.25, 0.3) is 5.91 Å². The van der Waals surface area contributed by atoms with Gasteiger partial charge in [0.2, 0.25) is 0 Å². The molecule has 0 aliphatic carbocycles. The number of hydrogen-bond donors (Lipinski definition) is 3. The molecule has 1 atom stereocenters. The van der Waals surface area contributed by atoms with E-state index in [0.717, 1.165) is 25.9 Å². The Bertz CT molecular complexity index is 448. The molecular weight excluding hydrogens is 230 g/mol. The minimum absolute atomic E-state index is 0.0524. The van der Waals surface area contributed by atoms with E-state index in [0.29, 0.717) is 5.56 Å². The summed E-state index contributed by atoms with van der Waals surface area (Å²) in [6.07, 6.45) is 2.09. The smallest absolute Gasteiger partial charge is 0.251 e. The van der Waals surface area contributed by atoms with E-state index in [2.05, 4.69) is 10.2 Å². The third-order valence-corrected chi connectivity index (χ3v) is 3.25. The summed E-state index contributed by atoms with van der Waals surface area (Å²) in [6, 6.07) is 4.74. The number of nitrogen functional groups attached to an aromatic ring is 1. The summed E-state index contributed by atoms with van der Waals surface area (Å²) in [7, 11) is 2.05. The number of rotatable bonds is 2. The van der Waals surface area contributed by atoms with E-state index in [1.807, 2.05) is 7.05 Å². The Labute approximate surface area is 107 Å². The Morgan fingerprint density at radius 2 is 2.33 bits per heavy atom. The zero-order valence-corrected chi connectivity index (χ0v) is 10.5. The molecule has 5 nitrogen and oxygen atoms in total. The summed E-state index contributed by atoms with van der Waals surface area (Å²) in [5.41, 5.74) is 6.22. The van der Waals surface area contributed by atoms with E-state index < -0.39 is 0 Å². The van der Waals surface area contributed by atoms with Gasteiger partial charge in [0.1, 0.15) is 5.75 Å². The summed E-state index contributed by atoms with van der Waals surface area (Å²) in [5, 5.41) is 12.5. The molecule has 1 aliphatic heterocycles. The lowest BCUT2D eigenvalue weighted by Crippen LogP contribution is -2.46. The second-order valence-corrected chi connectivity index (χ2v) is 4.85. The maximum atomic E-state index is 12.0. The molecule has 1 amide bonds. The standard InChI is InChI=1S/C13H19N3O2/c1-16-6-2-3-10(8-16)15-13(18)9-4-5-11(14)12(17)7-9/h4-5,7,10,17H,2-3,6,8,14H2,1H3,(H,15,18).